The second-order valence-electron chi connectivity index (χ2n) is 4.16. The first kappa shape index (κ1) is 9.89. The van der Waals surface area contributed by atoms with Crippen molar-refractivity contribution >= 4 is 21.9 Å². The van der Waals surface area contributed by atoms with E-state index in [2.05, 4.69) is 50.2 Å². The highest BCUT2D eigenvalue weighted by Gasteiger charge is 2.41. The molecular formula is C8H14BrN5. The van der Waals surface area contributed by atoms with Crippen LogP contribution in [0.2, 0.25) is 0 Å². The minimum Gasteiger partial charge on any atom is -0.333 e. The summed E-state index contributed by atoms with van der Waals surface area (Å²) in [5.41, 5.74) is 0.0719. The zero-order valence-electron chi connectivity index (χ0n) is 8.61. The van der Waals surface area contributed by atoms with Crippen molar-refractivity contribution in [3.05, 3.63) is 0 Å². The number of tetrazole rings is 1. The summed E-state index contributed by atoms with van der Waals surface area (Å²) in [6.45, 7) is 5.40. The van der Waals surface area contributed by atoms with Crippen LogP contribution in [-0.2, 0) is 7.05 Å². The third kappa shape index (κ3) is 1.32. The van der Waals surface area contributed by atoms with Gasteiger partial charge in [-0.25, -0.2) is 4.68 Å². The Labute approximate surface area is 91.6 Å². The van der Waals surface area contributed by atoms with Crippen LogP contribution in [0.5, 0.6) is 0 Å². The molecule has 2 rings (SSSR count). The van der Waals surface area contributed by atoms with Crippen LogP contribution < -0.4 is 4.90 Å². The fourth-order valence-electron chi connectivity index (χ4n) is 1.86. The van der Waals surface area contributed by atoms with E-state index in [9.17, 15) is 0 Å². The molecule has 1 aromatic heterocycles. The predicted octanol–water partition coefficient (Wildman–Crippen LogP) is 0.962. The third-order valence-electron chi connectivity index (χ3n) is 2.91. The van der Waals surface area contributed by atoms with Gasteiger partial charge in [0.25, 0.3) is 0 Å². The smallest absolute Gasteiger partial charge is 0.245 e. The highest BCUT2D eigenvalue weighted by Crippen LogP contribution is 2.36. The number of alkyl halides is 1. The number of rotatable bonds is 1. The van der Waals surface area contributed by atoms with Crippen LogP contribution >= 0.6 is 15.9 Å². The van der Waals surface area contributed by atoms with Crippen LogP contribution in [0.15, 0.2) is 0 Å². The van der Waals surface area contributed by atoms with Crippen molar-refractivity contribution in [1.82, 2.24) is 20.2 Å². The summed E-state index contributed by atoms with van der Waals surface area (Å²) in [4.78, 5) is 2.73. The molecule has 6 heteroatoms. The van der Waals surface area contributed by atoms with E-state index in [4.69, 9.17) is 0 Å². The highest BCUT2D eigenvalue weighted by atomic mass is 79.9. The van der Waals surface area contributed by atoms with Crippen molar-refractivity contribution < 1.29 is 0 Å². The van der Waals surface area contributed by atoms with Crippen molar-refractivity contribution in [2.45, 2.75) is 30.6 Å². The molecule has 0 aliphatic carbocycles. The van der Waals surface area contributed by atoms with Crippen molar-refractivity contribution in [3.8, 4) is 0 Å². The number of aryl methyl sites for hydroxylation is 1. The van der Waals surface area contributed by atoms with E-state index in [-0.39, 0.29) is 5.54 Å². The van der Waals surface area contributed by atoms with Gasteiger partial charge in [-0.1, -0.05) is 21.0 Å². The van der Waals surface area contributed by atoms with Gasteiger partial charge in [0, 0.05) is 18.4 Å². The van der Waals surface area contributed by atoms with Crippen LogP contribution in [0.3, 0.4) is 0 Å². The number of halogens is 1. The number of hydrogen-bond acceptors (Lipinski definition) is 4. The van der Waals surface area contributed by atoms with Gasteiger partial charge in [-0.2, -0.15) is 0 Å². The molecule has 2 heterocycles. The van der Waals surface area contributed by atoms with Gasteiger partial charge in [-0.05, 0) is 30.7 Å². The average Bonchev–Trinajstić information content (AvgIpc) is 2.60. The van der Waals surface area contributed by atoms with E-state index >= 15 is 0 Å². The van der Waals surface area contributed by atoms with Gasteiger partial charge in [-0.3, -0.25) is 0 Å². The number of aromatic nitrogens is 4. The number of anilines is 1. The van der Waals surface area contributed by atoms with E-state index in [1.807, 2.05) is 7.05 Å². The Morgan fingerprint density at radius 1 is 1.50 bits per heavy atom. The van der Waals surface area contributed by atoms with E-state index in [1.165, 1.54) is 0 Å². The van der Waals surface area contributed by atoms with E-state index in [1.54, 1.807) is 4.68 Å². The topological polar surface area (TPSA) is 46.8 Å². The largest absolute Gasteiger partial charge is 0.333 e. The number of nitrogens with zero attached hydrogens (tertiary/aromatic N) is 5. The van der Waals surface area contributed by atoms with Gasteiger partial charge in [0.15, 0.2) is 0 Å². The van der Waals surface area contributed by atoms with Gasteiger partial charge in [0.05, 0.1) is 5.54 Å². The molecular weight excluding hydrogens is 246 g/mol. The molecule has 1 aliphatic heterocycles. The van der Waals surface area contributed by atoms with Gasteiger partial charge in [0.1, 0.15) is 0 Å². The molecule has 0 amide bonds. The second kappa shape index (κ2) is 3.18. The molecule has 0 radical (unpaired) electrons. The van der Waals surface area contributed by atoms with Crippen LogP contribution in [0, 0.1) is 0 Å². The molecule has 1 unspecified atom stereocenters. The minimum atomic E-state index is 0.0719. The molecule has 0 spiro atoms. The fourth-order valence-corrected chi connectivity index (χ4v) is 2.32. The van der Waals surface area contributed by atoms with E-state index < -0.39 is 0 Å². The fraction of sp³-hybridized carbons (Fsp3) is 0.875. The van der Waals surface area contributed by atoms with Crippen molar-refractivity contribution in [2.75, 3.05) is 11.4 Å². The Hall–Kier alpha value is -0.650. The molecule has 0 saturated carbocycles. The quantitative estimate of drug-likeness (QED) is 0.706. The Morgan fingerprint density at radius 3 is 2.64 bits per heavy atom. The molecule has 1 aromatic rings. The predicted molar refractivity (Wildman–Crippen MR) is 57.6 cm³/mol. The number of hydrogen-bond donors (Lipinski definition) is 0. The second-order valence-corrected chi connectivity index (χ2v) is 5.27. The van der Waals surface area contributed by atoms with Gasteiger partial charge >= 0.3 is 0 Å². The van der Waals surface area contributed by atoms with Crippen molar-refractivity contribution in [2.24, 2.45) is 7.05 Å². The molecule has 5 nitrogen and oxygen atoms in total. The average molecular weight is 260 g/mol. The molecule has 0 N–H and O–H groups in total. The van der Waals surface area contributed by atoms with Crippen LogP contribution in [-0.4, -0.2) is 37.1 Å². The maximum Gasteiger partial charge on any atom is 0.245 e. The summed E-state index contributed by atoms with van der Waals surface area (Å²) in [6.07, 6.45) is 1.12. The van der Waals surface area contributed by atoms with Gasteiger partial charge in [0.2, 0.25) is 5.95 Å². The summed E-state index contributed by atoms with van der Waals surface area (Å²) in [5.74, 6) is 0.844. The monoisotopic (exact) mass is 259 g/mol. The van der Waals surface area contributed by atoms with Crippen LogP contribution in [0.1, 0.15) is 20.3 Å². The third-order valence-corrected chi connectivity index (χ3v) is 4.49. The molecule has 78 valence electrons. The Balaban J connectivity index is 2.33. The molecule has 0 aromatic carbocycles. The molecule has 1 saturated heterocycles. The van der Waals surface area contributed by atoms with E-state index in [0.29, 0.717) is 4.83 Å². The van der Waals surface area contributed by atoms with Crippen molar-refractivity contribution in [1.29, 1.82) is 0 Å². The lowest BCUT2D eigenvalue weighted by atomic mass is 10.0. The summed E-state index contributed by atoms with van der Waals surface area (Å²) in [7, 11) is 1.87. The lowest BCUT2D eigenvalue weighted by Crippen LogP contribution is -2.44. The minimum absolute atomic E-state index is 0.0719. The SMILES string of the molecule is Cn1nnnc1N1CCC(Br)C1(C)C. The lowest BCUT2D eigenvalue weighted by molar-refractivity contribution is 0.516. The summed E-state index contributed by atoms with van der Waals surface area (Å²) in [6, 6.07) is 0. The highest BCUT2D eigenvalue weighted by molar-refractivity contribution is 9.09. The zero-order valence-corrected chi connectivity index (χ0v) is 10.2. The Morgan fingerprint density at radius 2 is 2.21 bits per heavy atom. The zero-order chi connectivity index (χ0) is 10.3. The Kier molecular flexibility index (Phi) is 2.25. The summed E-state index contributed by atoms with van der Waals surface area (Å²) in [5, 5.41) is 11.5. The lowest BCUT2D eigenvalue weighted by Gasteiger charge is -2.33. The molecule has 0 bridgehead atoms. The van der Waals surface area contributed by atoms with Crippen LogP contribution in [0.25, 0.3) is 0 Å². The normalized spacial score (nSPS) is 25.7. The Bertz CT molecular complexity index is 334. The maximum atomic E-state index is 4.03. The van der Waals surface area contributed by atoms with E-state index in [0.717, 1.165) is 18.9 Å². The molecule has 1 atom stereocenters. The first-order valence-corrected chi connectivity index (χ1v) is 5.59. The summed E-state index contributed by atoms with van der Waals surface area (Å²) >= 11 is 3.69. The first-order chi connectivity index (χ1) is 6.53. The molecule has 1 fully saturated rings. The van der Waals surface area contributed by atoms with Crippen LogP contribution in [0.4, 0.5) is 5.95 Å². The van der Waals surface area contributed by atoms with Gasteiger partial charge < -0.3 is 4.90 Å². The molecule has 14 heavy (non-hydrogen) atoms. The van der Waals surface area contributed by atoms with Gasteiger partial charge in [-0.15, -0.1) is 0 Å². The van der Waals surface area contributed by atoms with Crippen molar-refractivity contribution in [3.63, 3.8) is 0 Å². The first-order valence-electron chi connectivity index (χ1n) is 4.67. The maximum absolute atomic E-state index is 4.03. The molecule has 1 aliphatic rings. The summed E-state index contributed by atoms with van der Waals surface area (Å²) < 4.78 is 1.72. The standard InChI is InChI=1S/C8H14BrN5/c1-8(2)6(9)4-5-14(8)7-10-11-12-13(7)3/h6H,4-5H2,1-3H3.